The highest BCUT2D eigenvalue weighted by Crippen LogP contribution is 2.29. The Morgan fingerprint density at radius 2 is 2.10 bits per heavy atom. The van der Waals surface area contributed by atoms with Gasteiger partial charge in [-0.2, -0.15) is 0 Å². The molecule has 1 heterocycles. The number of benzene rings is 1. The predicted molar refractivity (Wildman–Crippen MR) is 85.3 cm³/mol. The van der Waals surface area contributed by atoms with E-state index < -0.39 is 0 Å². The van der Waals surface area contributed by atoms with Crippen molar-refractivity contribution in [3.63, 3.8) is 0 Å². The van der Waals surface area contributed by atoms with E-state index in [-0.39, 0.29) is 6.04 Å². The average Bonchev–Trinajstić information content (AvgIpc) is 2.52. The van der Waals surface area contributed by atoms with Crippen LogP contribution in [0.5, 0.6) is 11.6 Å². The van der Waals surface area contributed by atoms with Crippen molar-refractivity contribution in [1.82, 2.24) is 10.4 Å². The Morgan fingerprint density at radius 1 is 1.29 bits per heavy atom. The van der Waals surface area contributed by atoms with E-state index in [0.717, 1.165) is 21.3 Å². The van der Waals surface area contributed by atoms with Crippen LogP contribution >= 0.6 is 15.9 Å². The van der Waals surface area contributed by atoms with E-state index in [9.17, 15) is 0 Å². The Bertz CT molecular complexity index is 607. The molecule has 0 fully saturated rings. The first kappa shape index (κ1) is 15.8. The van der Waals surface area contributed by atoms with Crippen LogP contribution in [0.15, 0.2) is 41.0 Å². The second-order valence-electron chi connectivity index (χ2n) is 4.49. The van der Waals surface area contributed by atoms with E-state index in [1.165, 1.54) is 0 Å². The van der Waals surface area contributed by atoms with E-state index in [4.69, 9.17) is 15.3 Å². The van der Waals surface area contributed by atoms with Gasteiger partial charge in [0.05, 0.1) is 24.7 Å². The molecule has 0 bridgehead atoms. The Morgan fingerprint density at radius 3 is 2.71 bits per heavy atom. The maximum absolute atomic E-state index is 5.70. The maximum Gasteiger partial charge on any atom is 0.217 e. The summed E-state index contributed by atoms with van der Waals surface area (Å²) in [6.45, 7) is 0. The average molecular weight is 352 g/mol. The van der Waals surface area contributed by atoms with Crippen LogP contribution in [0.25, 0.3) is 0 Å². The summed E-state index contributed by atoms with van der Waals surface area (Å²) in [5.41, 5.74) is 4.87. The first-order valence-electron chi connectivity index (χ1n) is 6.47. The highest BCUT2D eigenvalue weighted by atomic mass is 79.9. The van der Waals surface area contributed by atoms with Crippen molar-refractivity contribution in [2.45, 2.75) is 12.5 Å². The SMILES string of the molecule is COc1ccc(CC(NN)c2cccnc2OC)cc1Br. The van der Waals surface area contributed by atoms with Gasteiger partial charge in [0.1, 0.15) is 5.75 Å². The molecule has 112 valence electrons. The number of hydrogen-bond acceptors (Lipinski definition) is 5. The fraction of sp³-hybridized carbons (Fsp3) is 0.267. The lowest BCUT2D eigenvalue weighted by atomic mass is 10.00. The Kier molecular flexibility index (Phi) is 5.55. The minimum Gasteiger partial charge on any atom is -0.496 e. The Labute approximate surface area is 132 Å². The topological polar surface area (TPSA) is 69.4 Å². The van der Waals surface area contributed by atoms with Crippen LogP contribution in [0.3, 0.4) is 0 Å². The number of nitrogens with zero attached hydrogens (tertiary/aromatic N) is 1. The van der Waals surface area contributed by atoms with Gasteiger partial charge in [-0.3, -0.25) is 11.3 Å². The molecule has 1 atom stereocenters. The van der Waals surface area contributed by atoms with Crippen molar-refractivity contribution in [3.8, 4) is 11.6 Å². The van der Waals surface area contributed by atoms with Gasteiger partial charge in [0.15, 0.2) is 0 Å². The summed E-state index contributed by atoms with van der Waals surface area (Å²) in [4.78, 5) is 4.21. The van der Waals surface area contributed by atoms with Crippen molar-refractivity contribution >= 4 is 15.9 Å². The molecule has 0 aliphatic heterocycles. The second-order valence-corrected chi connectivity index (χ2v) is 5.35. The minimum absolute atomic E-state index is 0.0889. The molecule has 5 nitrogen and oxygen atoms in total. The molecule has 2 rings (SSSR count). The van der Waals surface area contributed by atoms with Gasteiger partial charge in [0.25, 0.3) is 0 Å². The van der Waals surface area contributed by atoms with Crippen LogP contribution < -0.4 is 20.7 Å². The number of methoxy groups -OCH3 is 2. The lowest BCUT2D eigenvalue weighted by molar-refractivity contribution is 0.382. The van der Waals surface area contributed by atoms with Gasteiger partial charge in [-0.1, -0.05) is 12.1 Å². The number of nitrogens with two attached hydrogens (primary N) is 1. The standard InChI is InChI=1S/C15H18BrN3O2/c1-20-14-6-5-10(8-12(14)16)9-13(19-17)11-4-3-7-18-15(11)21-2/h3-8,13,19H,9,17H2,1-2H3. The largest absolute Gasteiger partial charge is 0.496 e. The molecule has 1 unspecified atom stereocenters. The smallest absolute Gasteiger partial charge is 0.217 e. The second kappa shape index (κ2) is 7.40. The molecule has 1 aromatic carbocycles. The molecular weight excluding hydrogens is 334 g/mol. The van der Waals surface area contributed by atoms with Crippen LogP contribution in [0, 0.1) is 0 Å². The van der Waals surface area contributed by atoms with E-state index in [1.54, 1.807) is 20.4 Å². The molecule has 0 aliphatic carbocycles. The number of hydrogen-bond donors (Lipinski definition) is 2. The van der Waals surface area contributed by atoms with Gasteiger partial charge in [0, 0.05) is 11.8 Å². The normalized spacial score (nSPS) is 12.0. The summed E-state index contributed by atoms with van der Waals surface area (Å²) in [7, 11) is 3.24. The van der Waals surface area contributed by atoms with E-state index in [2.05, 4.69) is 26.3 Å². The fourth-order valence-corrected chi connectivity index (χ4v) is 2.76. The van der Waals surface area contributed by atoms with Crippen LogP contribution in [-0.4, -0.2) is 19.2 Å². The number of ether oxygens (including phenoxy) is 2. The number of halogens is 1. The molecule has 2 aromatic rings. The summed E-state index contributed by atoms with van der Waals surface area (Å²) >= 11 is 3.49. The molecule has 0 aliphatic rings. The minimum atomic E-state index is -0.0889. The van der Waals surface area contributed by atoms with Crippen LogP contribution in [-0.2, 0) is 6.42 Å². The third kappa shape index (κ3) is 3.72. The first-order valence-corrected chi connectivity index (χ1v) is 7.26. The van der Waals surface area contributed by atoms with Crippen LogP contribution in [0.1, 0.15) is 17.2 Å². The molecule has 1 aromatic heterocycles. The zero-order chi connectivity index (χ0) is 15.2. The van der Waals surface area contributed by atoms with Gasteiger partial charge in [-0.25, -0.2) is 4.98 Å². The third-order valence-electron chi connectivity index (χ3n) is 3.23. The van der Waals surface area contributed by atoms with Gasteiger partial charge in [0.2, 0.25) is 5.88 Å². The molecule has 0 amide bonds. The molecular formula is C15H18BrN3O2. The highest BCUT2D eigenvalue weighted by Gasteiger charge is 2.16. The zero-order valence-corrected chi connectivity index (χ0v) is 13.6. The highest BCUT2D eigenvalue weighted by molar-refractivity contribution is 9.10. The van der Waals surface area contributed by atoms with Crippen LogP contribution in [0.4, 0.5) is 0 Å². The van der Waals surface area contributed by atoms with Crippen molar-refractivity contribution in [3.05, 3.63) is 52.1 Å². The van der Waals surface area contributed by atoms with E-state index in [1.807, 2.05) is 30.3 Å². The van der Waals surface area contributed by atoms with Crippen molar-refractivity contribution in [1.29, 1.82) is 0 Å². The van der Waals surface area contributed by atoms with Crippen molar-refractivity contribution in [2.24, 2.45) is 5.84 Å². The van der Waals surface area contributed by atoms with Crippen molar-refractivity contribution < 1.29 is 9.47 Å². The molecule has 6 heteroatoms. The Balaban J connectivity index is 2.25. The summed E-state index contributed by atoms with van der Waals surface area (Å²) in [6, 6.07) is 9.69. The predicted octanol–water partition coefficient (Wildman–Crippen LogP) is 2.61. The molecule has 0 saturated carbocycles. The van der Waals surface area contributed by atoms with E-state index in [0.29, 0.717) is 12.3 Å². The van der Waals surface area contributed by atoms with Gasteiger partial charge in [-0.15, -0.1) is 0 Å². The number of hydrazine groups is 1. The lowest BCUT2D eigenvalue weighted by Gasteiger charge is -2.18. The zero-order valence-electron chi connectivity index (χ0n) is 12.0. The molecule has 3 N–H and O–H groups in total. The summed E-state index contributed by atoms with van der Waals surface area (Å²) in [6.07, 6.45) is 2.40. The van der Waals surface area contributed by atoms with Gasteiger partial charge >= 0.3 is 0 Å². The lowest BCUT2D eigenvalue weighted by Crippen LogP contribution is -2.30. The molecule has 0 radical (unpaired) electrons. The van der Waals surface area contributed by atoms with Crippen molar-refractivity contribution in [2.75, 3.05) is 14.2 Å². The maximum atomic E-state index is 5.70. The summed E-state index contributed by atoms with van der Waals surface area (Å²) < 4.78 is 11.4. The molecule has 21 heavy (non-hydrogen) atoms. The summed E-state index contributed by atoms with van der Waals surface area (Å²) in [5, 5.41) is 0. The monoisotopic (exact) mass is 351 g/mol. The molecule has 0 spiro atoms. The molecule has 0 saturated heterocycles. The quantitative estimate of drug-likeness (QED) is 0.618. The number of aromatic nitrogens is 1. The van der Waals surface area contributed by atoms with E-state index >= 15 is 0 Å². The number of pyridine rings is 1. The first-order chi connectivity index (χ1) is 10.2. The fourth-order valence-electron chi connectivity index (χ4n) is 2.17. The number of rotatable bonds is 6. The Hall–Kier alpha value is -1.63. The van der Waals surface area contributed by atoms with Gasteiger partial charge < -0.3 is 9.47 Å². The third-order valence-corrected chi connectivity index (χ3v) is 3.85. The summed E-state index contributed by atoms with van der Waals surface area (Å²) in [5.74, 6) is 7.08. The van der Waals surface area contributed by atoms with Crippen LogP contribution in [0.2, 0.25) is 0 Å². The van der Waals surface area contributed by atoms with Gasteiger partial charge in [-0.05, 0) is 46.1 Å². The number of nitrogens with one attached hydrogen (secondary N) is 1.